The Labute approximate surface area is 165 Å². The average Bonchev–Trinajstić information content (AvgIpc) is 3.23. The molecule has 1 amide bonds. The molecular weight excluding hydrogens is 378 g/mol. The zero-order valence-electron chi connectivity index (χ0n) is 15.8. The first-order valence-corrected chi connectivity index (χ1v) is 10.7. The van der Waals surface area contributed by atoms with E-state index in [1.165, 1.54) is 9.71 Å². The van der Waals surface area contributed by atoms with Crippen LogP contribution in [0.4, 0.5) is 0 Å². The van der Waals surface area contributed by atoms with E-state index in [4.69, 9.17) is 4.42 Å². The third-order valence-corrected chi connectivity index (χ3v) is 6.20. The highest BCUT2D eigenvalue weighted by atomic mass is 32.2. The van der Waals surface area contributed by atoms with E-state index >= 15 is 0 Å². The number of carbonyl (C=O) groups is 1. The molecule has 1 fully saturated rings. The lowest BCUT2D eigenvalue weighted by Gasteiger charge is -2.33. The number of carbonyl (C=O) groups excluding carboxylic acids is 1. The van der Waals surface area contributed by atoms with Gasteiger partial charge in [-0.15, -0.1) is 0 Å². The van der Waals surface area contributed by atoms with Crippen LogP contribution in [-0.2, 0) is 14.8 Å². The van der Waals surface area contributed by atoms with Crippen molar-refractivity contribution in [1.29, 1.82) is 0 Å². The number of piperazine rings is 1. The van der Waals surface area contributed by atoms with Crippen LogP contribution in [-0.4, -0.2) is 56.3 Å². The first-order chi connectivity index (χ1) is 13.4. The van der Waals surface area contributed by atoms with Crippen LogP contribution < -0.4 is 5.32 Å². The molecule has 8 heteroatoms. The van der Waals surface area contributed by atoms with Gasteiger partial charge in [-0.05, 0) is 30.7 Å². The topological polar surface area (TPSA) is 82.9 Å². The lowest BCUT2D eigenvalue weighted by molar-refractivity contribution is -0.123. The summed E-state index contributed by atoms with van der Waals surface area (Å²) in [4.78, 5) is 14.2. The lowest BCUT2D eigenvalue weighted by atomic mass is 10.2. The Balaban J connectivity index is 1.47. The van der Waals surface area contributed by atoms with Crippen LogP contribution in [0.2, 0.25) is 0 Å². The van der Waals surface area contributed by atoms with Gasteiger partial charge in [-0.1, -0.05) is 30.3 Å². The van der Waals surface area contributed by atoms with Gasteiger partial charge in [-0.3, -0.25) is 9.69 Å². The summed E-state index contributed by atoms with van der Waals surface area (Å²) in [5.74, 6) is 0.596. The Morgan fingerprint density at radius 1 is 1.14 bits per heavy atom. The fraction of sp³-hybridized carbons (Fsp3) is 0.350. The van der Waals surface area contributed by atoms with Crippen LogP contribution in [0.5, 0.6) is 0 Å². The highest BCUT2D eigenvalue weighted by Crippen LogP contribution is 2.13. The fourth-order valence-corrected chi connectivity index (χ4v) is 4.23. The first kappa shape index (κ1) is 20.3. The predicted molar refractivity (Wildman–Crippen MR) is 108 cm³/mol. The molecule has 150 valence electrons. The summed E-state index contributed by atoms with van der Waals surface area (Å²) >= 11 is 0. The van der Waals surface area contributed by atoms with E-state index < -0.39 is 10.0 Å². The first-order valence-electron chi connectivity index (χ1n) is 9.22. The van der Waals surface area contributed by atoms with Crippen molar-refractivity contribution in [2.75, 3.05) is 32.7 Å². The number of nitrogens with one attached hydrogen (secondary N) is 1. The van der Waals surface area contributed by atoms with Crippen molar-refractivity contribution >= 4 is 22.0 Å². The molecule has 0 saturated carbocycles. The Hall–Kier alpha value is -2.42. The second kappa shape index (κ2) is 9.18. The smallest absolute Gasteiger partial charge is 0.236 e. The van der Waals surface area contributed by atoms with Crippen LogP contribution in [0.15, 0.2) is 58.6 Å². The Bertz CT molecular complexity index is 887. The van der Waals surface area contributed by atoms with Crippen molar-refractivity contribution in [2.45, 2.75) is 13.0 Å². The van der Waals surface area contributed by atoms with Crippen molar-refractivity contribution < 1.29 is 17.6 Å². The van der Waals surface area contributed by atoms with E-state index in [1.54, 1.807) is 18.4 Å². The van der Waals surface area contributed by atoms with Crippen LogP contribution in [0.1, 0.15) is 24.3 Å². The van der Waals surface area contributed by atoms with E-state index in [0.29, 0.717) is 31.9 Å². The van der Waals surface area contributed by atoms with Gasteiger partial charge in [0.2, 0.25) is 15.9 Å². The van der Waals surface area contributed by atoms with Crippen molar-refractivity contribution in [3.05, 3.63) is 65.5 Å². The van der Waals surface area contributed by atoms with Crippen molar-refractivity contribution in [3.63, 3.8) is 0 Å². The van der Waals surface area contributed by atoms with Crippen LogP contribution in [0.25, 0.3) is 6.08 Å². The molecule has 0 spiro atoms. The van der Waals surface area contributed by atoms with Gasteiger partial charge in [0.15, 0.2) is 0 Å². The maximum atomic E-state index is 12.5. The highest BCUT2D eigenvalue weighted by molar-refractivity contribution is 7.92. The number of benzene rings is 1. The summed E-state index contributed by atoms with van der Waals surface area (Å²) in [6.45, 7) is 3.85. The minimum absolute atomic E-state index is 0.107. The molecule has 0 aliphatic carbocycles. The van der Waals surface area contributed by atoms with Crippen LogP contribution in [0, 0.1) is 0 Å². The molecule has 1 aromatic carbocycles. The van der Waals surface area contributed by atoms with Crippen molar-refractivity contribution in [3.8, 4) is 0 Å². The van der Waals surface area contributed by atoms with Gasteiger partial charge in [-0.25, -0.2) is 8.42 Å². The molecule has 3 rings (SSSR count). The normalized spacial score (nSPS) is 17.6. The molecule has 28 heavy (non-hydrogen) atoms. The lowest BCUT2D eigenvalue weighted by Crippen LogP contribution is -2.50. The molecule has 0 radical (unpaired) electrons. The molecule has 1 aliphatic rings. The molecule has 1 atom stereocenters. The maximum Gasteiger partial charge on any atom is 0.236 e. The Morgan fingerprint density at radius 3 is 2.50 bits per heavy atom. The predicted octanol–water partition coefficient (Wildman–Crippen LogP) is 2.08. The molecule has 1 N–H and O–H groups in total. The Kier molecular flexibility index (Phi) is 6.66. The third kappa shape index (κ3) is 5.54. The number of nitrogens with zero attached hydrogens (tertiary/aromatic N) is 2. The van der Waals surface area contributed by atoms with Crippen molar-refractivity contribution in [1.82, 2.24) is 14.5 Å². The zero-order chi connectivity index (χ0) is 20.0. The quantitative estimate of drug-likeness (QED) is 0.765. The van der Waals surface area contributed by atoms with Crippen LogP contribution in [0.3, 0.4) is 0 Å². The van der Waals surface area contributed by atoms with Gasteiger partial charge in [0.25, 0.3) is 0 Å². The fourth-order valence-electron chi connectivity index (χ4n) is 3.06. The number of amides is 1. The molecule has 0 bridgehead atoms. The molecule has 1 saturated heterocycles. The van der Waals surface area contributed by atoms with Crippen LogP contribution >= 0.6 is 0 Å². The highest BCUT2D eigenvalue weighted by Gasteiger charge is 2.26. The number of hydrogen-bond acceptors (Lipinski definition) is 5. The van der Waals surface area contributed by atoms with Gasteiger partial charge in [0.05, 0.1) is 18.8 Å². The standard InChI is InChI=1S/C20H25N3O4S/c1-17(19-8-5-14-27-19)21-20(24)16-22-10-12-23(13-11-22)28(25,26)15-9-18-6-3-2-4-7-18/h2-9,14-15,17H,10-13,16H2,1H3,(H,21,24)/b15-9+/t17-/m0/s1. The number of furan rings is 1. The van der Waals surface area contributed by atoms with Crippen molar-refractivity contribution in [2.24, 2.45) is 0 Å². The summed E-state index contributed by atoms with van der Waals surface area (Å²) in [5.41, 5.74) is 0.840. The molecule has 1 aliphatic heterocycles. The monoisotopic (exact) mass is 403 g/mol. The summed E-state index contributed by atoms with van der Waals surface area (Å²) in [6.07, 6.45) is 3.18. The molecule has 1 aromatic heterocycles. The number of rotatable bonds is 7. The molecule has 0 unspecified atom stereocenters. The van der Waals surface area contributed by atoms with E-state index in [1.807, 2.05) is 48.2 Å². The summed E-state index contributed by atoms with van der Waals surface area (Å²) in [6, 6.07) is 12.7. The molecule has 2 aromatic rings. The van der Waals surface area contributed by atoms with E-state index in [9.17, 15) is 13.2 Å². The molecule has 7 nitrogen and oxygen atoms in total. The minimum Gasteiger partial charge on any atom is -0.467 e. The van der Waals surface area contributed by atoms with E-state index in [0.717, 1.165) is 5.56 Å². The molecular formula is C20H25N3O4S. The summed E-state index contributed by atoms with van der Waals surface area (Å²) in [5, 5.41) is 4.14. The van der Waals surface area contributed by atoms with Gasteiger partial charge in [-0.2, -0.15) is 4.31 Å². The maximum absolute atomic E-state index is 12.5. The largest absolute Gasteiger partial charge is 0.467 e. The van der Waals surface area contributed by atoms with E-state index in [2.05, 4.69) is 5.32 Å². The van der Waals surface area contributed by atoms with E-state index in [-0.39, 0.29) is 18.5 Å². The second-order valence-corrected chi connectivity index (χ2v) is 8.56. The SMILES string of the molecule is C[C@H](NC(=O)CN1CCN(S(=O)(=O)/C=C/c2ccccc2)CC1)c1ccco1. The molecule has 2 heterocycles. The zero-order valence-corrected chi connectivity index (χ0v) is 16.6. The van der Waals surface area contributed by atoms with Gasteiger partial charge in [0, 0.05) is 31.6 Å². The van der Waals surface area contributed by atoms with Gasteiger partial charge in [0.1, 0.15) is 5.76 Å². The number of sulfonamides is 1. The number of hydrogen-bond donors (Lipinski definition) is 1. The van der Waals surface area contributed by atoms with Gasteiger partial charge >= 0.3 is 0 Å². The Morgan fingerprint density at radius 2 is 1.86 bits per heavy atom. The average molecular weight is 404 g/mol. The van der Waals surface area contributed by atoms with Gasteiger partial charge < -0.3 is 9.73 Å². The third-order valence-electron chi connectivity index (χ3n) is 4.64. The second-order valence-electron chi connectivity index (χ2n) is 6.74. The summed E-state index contributed by atoms with van der Waals surface area (Å²) < 4.78 is 31.7. The minimum atomic E-state index is -3.47. The summed E-state index contributed by atoms with van der Waals surface area (Å²) in [7, 11) is -3.47.